The maximum atomic E-state index is 12.8. The number of carbonyl (C=O) groups is 1. The van der Waals surface area contributed by atoms with E-state index in [0.717, 1.165) is 42.8 Å². The van der Waals surface area contributed by atoms with Crippen molar-refractivity contribution in [1.29, 1.82) is 0 Å². The average molecular weight is 367 g/mol. The standard InChI is InChI=1S/C22H25NO4/c24-21(22-11-15-7-16(12-22)9-17(8-15)13-22)23-5-1-2-6-25-18-3-4-19-20(10-18)27-14-26-19/h3-4,10,15-17H,5-9,11-14H2,(H,23,24). The smallest absolute Gasteiger partial charge is 0.231 e. The lowest BCUT2D eigenvalue weighted by molar-refractivity contribution is -0.145. The van der Waals surface area contributed by atoms with Gasteiger partial charge in [0.1, 0.15) is 12.4 Å². The molecule has 5 nitrogen and oxygen atoms in total. The zero-order valence-electron chi connectivity index (χ0n) is 15.5. The molecule has 4 saturated carbocycles. The summed E-state index contributed by atoms with van der Waals surface area (Å²) < 4.78 is 16.2. The van der Waals surface area contributed by atoms with Crippen molar-refractivity contribution in [1.82, 2.24) is 5.32 Å². The first-order chi connectivity index (χ1) is 13.2. The Morgan fingerprint density at radius 3 is 2.52 bits per heavy atom. The maximum absolute atomic E-state index is 12.8. The Bertz CT molecular complexity index is 771. The second kappa shape index (κ2) is 6.67. The quantitative estimate of drug-likeness (QED) is 0.831. The van der Waals surface area contributed by atoms with Crippen LogP contribution in [-0.4, -0.2) is 25.9 Å². The number of carbonyl (C=O) groups excluding carboxylic acids is 1. The third-order valence-electron chi connectivity index (χ3n) is 6.64. The van der Waals surface area contributed by atoms with Crippen molar-refractivity contribution in [3.63, 3.8) is 0 Å². The summed E-state index contributed by atoms with van der Waals surface area (Å²) in [6.07, 6.45) is 7.32. The third-order valence-corrected chi connectivity index (χ3v) is 6.64. The Balaban J connectivity index is 1.10. The summed E-state index contributed by atoms with van der Waals surface area (Å²) in [7, 11) is 0. The van der Waals surface area contributed by atoms with Crippen LogP contribution in [0, 0.1) is 35.0 Å². The first-order valence-corrected chi connectivity index (χ1v) is 9.97. The fourth-order valence-corrected chi connectivity index (χ4v) is 5.90. The highest BCUT2D eigenvalue weighted by atomic mass is 16.7. The van der Waals surface area contributed by atoms with Crippen molar-refractivity contribution in [2.75, 3.05) is 19.9 Å². The van der Waals surface area contributed by atoms with Crippen LogP contribution >= 0.6 is 0 Å². The van der Waals surface area contributed by atoms with Crippen LogP contribution in [0.4, 0.5) is 0 Å². The van der Waals surface area contributed by atoms with Gasteiger partial charge < -0.3 is 19.5 Å². The second-order valence-electron chi connectivity index (χ2n) is 8.54. The molecule has 142 valence electrons. The van der Waals surface area contributed by atoms with E-state index in [0.29, 0.717) is 18.0 Å². The number of rotatable bonds is 4. The van der Waals surface area contributed by atoms with Gasteiger partial charge in [0.05, 0.1) is 6.54 Å². The third kappa shape index (κ3) is 3.22. The summed E-state index contributed by atoms with van der Waals surface area (Å²) in [4.78, 5) is 12.8. The summed E-state index contributed by atoms with van der Waals surface area (Å²) in [5.41, 5.74) is -0.0978. The highest BCUT2D eigenvalue weighted by molar-refractivity contribution is 5.83. The van der Waals surface area contributed by atoms with Crippen molar-refractivity contribution >= 4 is 5.91 Å². The van der Waals surface area contributed by atoms with Crippen LogP contribution in [0.25, 0.3) is 0 Å². The van der Waals surface area contributed by atoms with Crippen molar-refractivity contribution in [2.24, 2.45) is 23.2 Å². The molecule has 6 rings (SSSR count). The molecular weight excluding hydrogens is 342 g/mol. The summed E-state index contributed by atoms with van der Waals surface area (Å²) in [5.74, 6) is 10.7. The SMILES string of the molecule is O=C(NCC#CCOc1ccc2c(c1)OCO2)C12CC3CC(CC(C3)C1)C2. The first kappa shape index (κ1) is 16.8. The summed E-state index contributed by atoms with van der Waals surface area (Å²) in [5, 5.41) is 3.07. The van der Waals surface area contributed by atoms with Gasteiger partial charge in [-0.05, 0) is 68.4 Å². The van der Waals surface area contributed by atoms with Gasteiger partial charge in [0, 0.05) is 11.5 Å². The predicted octanol–water partition coefficient (Wildman–Crippen LogP) is 3.13. The molecule has 1 N–H and O–H groups in total. The van der Waals surface area contributed by atoms with E-state index in [1.54, 1.807) is 6.07 Å². The highest BCUT2D eigenvalue weighted by Crippen LogP contribution is 2.60. The molecule has 4 fully saturated rings. The van der Waals surface area contributed by atoms with Gasteiger partial charge in [-0.3, -0.25) is 4.79 Å². The molecule has 1 aliphatic heterocycles. The molecule has 1 aromatic carbocycles. The number of hydrogen-bond donors (Lipinski definition) is 1. The molecule has 4 aliphatic carbocycles. The number of fused-ring (bicyclic) bond motifs is 1. The number of ether oxygens (including phenoxy) is 3. The first-order valence-electron chi connectivity index (χ1n) is 9.97. The lowest BCUT2D eigenvalue weighted by atomic mass is 9.49. The lowest BCUT2D eigenvalue weighted by Crippen LogP contribution is -2.53. The Kier molecular flexibility index (Phi) is 4.15. The number of amides is 1. The van der Waals surface area contributed by atoms with E-state index < -0.39 is 0 Å². The summed E-state index contributed by atoms with van der Waals surface area (Å²) in [6.45, 7) is 0.931. The van der Waals surface area contributed by atoms with Gasteiger partial charge in [0.2, 0.25) is 12.7 Å². The number of nitrogens with one attached hydrogen (secondary N) is 1. The van der Waals surface area contributed by atoms with Crippen molar-refractivity contribution in [3.8, 4) is 29.1 Å². The monoisotopic (exact) mass is 367 g/mol. The minimum atomic E-state index is -0.0978. The van der Waals surface area contributed by atoms with Crippen LogP contribution < -0.4 is 19.5 Å². The summed E-state index contributed by atoms with van der Waals surface area (Å²) in [6, 6.07) is 5.47. The van der Waals surface area contributed by atoms with Crippen LogP contribution in [-0.2, 0) is 4.79 Å². The average Bonchev–Trinajstić information content (AvgIpc) is 3.11. The van der Waals surface area contributed by atoms with E-state index in [-0.39, 0.29) is 24.7 Å². The van der Waals surface area contributed by atoms with E-state index in [1.165, 1.54) is 19.3 Å². The van der Waals surface area contributed by atoms with E-state index in [2.05, 4.69) is 17.2 Å². The minimum absolute atomic E-state index is 0.0978. The molecular formula is C22H25NO4. The molecule has 0 radical (unpaired) electrons. The topological polar surface area (TPSA) is 56.8 Å². The fraction of sp³-hybridized carbons (Fsp3) is 0.591. The molecule has 27 heavy (non-hydrogen) atoms. The van der Waals surface area contributed by atoms with Crippen LogP contribution in [0.15, 0.2) is 18.2 Å². The molecule has 0 atom stereocenters. The van der Waals surface area contributed by atoms with Gasteiger partial charge in [-0.1, -0.05) is 11.8 Å². The second-order valence-corrected chi connectivity index (χ2v) is 8.54. The Morgan fingerprint density at radius 1 is 1.07 bits per heavy atom. The zero-order chi connectivity index (χ0) is 18.3. The summed E-state index contributed by atoms with van der Waals surface area (Å²) >= 11 is 0. The zero-order valence-corrected chi connectivity index (χ0v) is 15.5. The molecule has 0 unspecified atom stereocenters. The maximum Gasteiger partial charge on any atom is 0.231 e. The van der Waals surface area contributed by atoms with Gasteiger partial charge >= 0.3 is 0 Å². The van der Waals surface area contributed by atoms with Crippen LogP contribution in [0.2, 0.25) is 0 Å². The van der Waals surface area contributed by atoms with Gasteiger partial charge in [-0.25, -0.2) is 0 Å². The number of hydrogen-bond acceptors (Lipinski definition) is 4. The Hall–Kier alpha value is -2.35. The predicted molar refractivity (Wildman–Crippen MR) is 99.5 cm³/mol. The normalized spacial score (nSPS) is 31.9. The van der Waals surface area contributed by atoms with E-state index in [9.17, 15) is 4.79 Å². The van der Waals surface area contributed by atoms with Crippen LogP contribution in [0.5, 0.6) is 17.2 Å². The van der Waals surface area contributed by atoms with Crippen molar-refractivity contribution < 1.29 is 19.0 Å². The lowest BCUT2D eigenvalue weighted by Gasteiger charge is -2.55. The molecule has 0 saturated heterocycles. The highest BCUT2D eigenvalue weighted by Gasteiger charge is 2.54. The van der Waals surface area contributed by atoms with E-state index in [4.69, 9.17) is 14.2 Å². The van der Waals surface area contributed by atoms with Crippen molar-refractivity contribution in [2.45, 2.75) is 38.5 Å². The molecule has 0 spiro atoms. The van der Waals surface area contributed by atoms with Crippen LogP contribution in [0.3, 0.4) is 0 Å². The van der Waals surface area contributed by atoms with Gasteiger partial charge in [0.15, 0.2) is 11.5 Å². The van der Waals surface area contributed by atoms with Crippen LogP contribution in [0.1, 0.15) is 38.5 Å². The molecule has 5 aliphatic rings. The molecule has 1 amide bonds. The molecule has 4 bridgehead atoms. The number of benzene rings is 1. The minimum Gasteiger partial charge on any atom is -0.481 e. The molecule has 1 aromatic rings. The van der Waals surface area contributed by atoms with Gasteiger partial charge in [-0.2, -0.15) is 0 Å². The Labute approximate surface area is 159 Å². The van der Waals surface area contributed by atoms with Gasteiger partial charge in [0.25, 0.3) is 0 Å². The molecule has 0 aromatic heterocycles. The fourth-order valence-electron chi connectivity index (χ4n) is 5.90. The van der Waals surface area contributed by atoms with Gasteiger partial charge in [-0.15, -0.1) is 0 Å². The molecule has 5 heteroatoms. The van der Waals surface area contributed by atoms with E-state index in [1.807, 2.05) is 12.1 Å². The molecule has 1 heterocycles. The van der Waals surface area contributed by atoms with Crippen molar-refractivity contribution in [3.05, 3.63) is 18.2 Å². The largest absolute Gasteiger partial charge is 0.481 e. The Morgan fingerprint density at radius 2 is 1.78 bits per heavy atom. The van der Waals surface area contributed by atoms with E-state index >= 15 is 0 Å².